The second-order valence-corrected chi connectivity index (χ2v) is 4.42. The van der Waals surface area contributed by atoms with Crippen molar-refractivity contribution in [2.24, 2.45) is 0 Å². The van der Waals surface area contributed by atoms with Gasteiger partial charge in [0.15, 0.2) is 0 Å². The number of hydrogen-bond donors (Lipinski definition) is 1. The molecule has 0 saturated heterocycles. The molecule has 6 nitrogen and oxygen atoms in total. The summed E-state index contributed by atoms with van der Waals surface area (Å²) in [7, 11) is 2.17. The van der Waals surface area contributed by atoms with Gasteiger partial charge in [0.05, 0.1) is 24.8 Å². The van der Waals surface area contributed by atoms with Gasteiger partial charge in [0.25, 0.3) is 5.91 Å². The molecule has 0 radical (unpaired) electrons. The van der Waals surface area contributed by atoms with Gasteiger partial charge in [0.1, 0.15) is 0 Å². The number of benzene rings is 1. The van der Waals surface area contributed by atoms with Crippen molar-refractivity contribution in [3.63, 3.8) is 0 Å². The Morgan fingerprint density at radius 1 is 1.10 bits per heavy atom. The zero-order valence-corrected chi connectivity index (χ0v) is 12.1. The topological polar surface area (TPSA) is 81.7 Å². The van der Waals surface area contributed by atoms with E-state index in [9.17, 15) is 14.4 Å². The Labute approximate surface area is 124 Å². The van der Waals surface area contributed by atoms with Gasteiger partial charge < -0.3 is 14.8 Å². The number of carbonyl (C=O) groups excluding carboxylic acids is 3. The number of hydrogen-bond acceptors (Lipinski definition) is 5. The van der Waals surface area contributed by atoms with Crippen LogP contribution in [0.15, 0.2) is 18.2 Å². The van der Waals surface area contributed by atoms with Crippen LogP contribution in [0, 0.1) is 0 Å². The highest BCUT2D eigenvalue weighted by Gasteiger charge is 2.31. The van der Waals surface area contributed by atoms with E-state index in [1.54, 1.807) is 0 Å². The van der Waals surface area contributed by atoms with E-state index in [4.69, 9.17) is 23.2 Å². The molecular weight excluding hydrogens is 309 g/mol. The molecule has 0 aliphatic carbocycles. The lowest BCUT2D eigenvalue weighted by Gasteiger charge is -2.14. The molecule has 0 fully saturated rings. The first-order valence-corrected chi connectivity index (χ1v) is 6.08. The molecule has 0 heterocycles. The zero-order valence-electron chi connectivity index (χ0n) is 10.6. The van der Waals surface area contributed by atoms with Crippen LogP contribution in [0.25, 0.3) is 0 Å². The maximum atomic E-state index is 12.0. The number of ether oxygens (including phenoxy) is 2. The predicted molar refractivity (Wildman–Crippen MR) is 71.7 cm³/mol. The molecule has 1 aromatic carbocycles. The van der Waals surface area contributed by atoms with E-state index in [0.29, 0.717) is 5.02 Å². The molecule has 0 unspecified atom stereocenters. The van der Waals surface area contributed by atoms with Crippen molar-refractivity contribution in [3.05, 3.63) is 33.8 Å². The average Bonchev–Trinajstić information content (AvgIpc) is 2.42. The highest BCUT2D eigenvalue weighted by molar-refractivity contribution is 6.36. The van der Waals surface area contributed by atoms with E-state index < -0.39 is 23.9 Å². The van der Waals surface area contributed by atoms with Crippen LogP contribution >= 0.6 is 23.2 Å². The first kappa shape index (κ1) is 16.3. The minimum atomic E-state index is -1.57. The van der Waals surface area contributed by atoms with E-state index in [-0.39, 0.29) is 10.6 Å². The molecule has 0 aromatic heterocycles. The number of halogens is 2. The average molecular weight is 320 g/mol. The van der Waals surface area contributed by atoms with Crippen molar-refractivity contribution < 1.29 is 23.9 Å². The van der Waals surface area contributed by atoms with Crippen LogP contribution in [0.1, 0.15) is 10.4 Å². The Hall–Kier alpha value is -1.79. The quantitative estimate of drug-likeness (QED) is 0.670. The van der Waals surface area contributed by atoms with Crippen LogP contribution < -0.4 is 5.32 Å². The number of rotatable bonds is 4. The van der Waals surface area contributed by atoms with Crippen LogP contribution in [0.5, 0.6) is 0 Å². The minimum Gasteiger partial charge on any atom is -0.467 e. The monoisotopic (exact) mass is 319 g/mol. The molecule has 8 heteroatoms. The van der Waals surface area contributed by atoms with Crippen molar-refractivity contribution in [1.82, 2.24) is 5.32 Å². The summed E-state index contributed by atoms with van der Waals surface area (Å²) in [6.45, 7) is 0. The SMILES string of the molecule is COC(=O)C(NC(=O)c1ccc(Cl)cc1Cl)C(=O)OC. The lowest BCUT2D eigenvalue weighted by molar-refractivity contribution is -0.154. The number of methoxy groups -OCH3 is 2. The number of nitrogens with one attached hydrogen (secondary N) is 1. The number of carbonyl (C=O) groups is 3. The van der Waals surface area contributed by atoms with Crippen molar-refractivity contribution >= 4 is 41.0 Å². The molecule has 1 amide bonds. The molecular formula is C12H11Cl2NO5. The summed E-state index contributed by atoms with van der Waals surface area (Å²) in [5, 5.41) is 2.62. The smallest absolute Gasteiger partial charge is 0.340 e. The lowest BCUT2D eigenvalue weighted by Crippen LogP contribution is -2.47. The number of amides is 1. The van der Waals surface area contributed by atoms with Gasteiger partial charge in [-0.2, -0.15) is 0 Å². The van der Waals surface area contributed by atoms with Crippen molar-refractivity contribution in [2.45, 2.75) is 6.04 Å². The fourth-order valence-electron chi connectivity index (χ4n) is 1.33. The van der Waals surface area contributed by atoms with E-state index in [2.05, 4.69) is 14.8 Å². The standard InChI is InChI=1S/C12H11Cl2NO5/c1-19-11(17)9(12(18)20-2)15-10(16)7-4-3-6(13)5-8(7)14/h3-5,9H,1-2H3,(H,15,16). The van der Waals surface area contributed by atoms with Crippen molar-refractivity contribution in [2.75, 3.05) is 14.2 Å². The van der Waals surface area contributed by atoms with E-state index in [1.165, 1.54) is 18.2 Å². The van der Waals surface area contributed by atoms with Gasteiger partial charge >= 0.3 is 11.9 Å². The fraction of sp³-hybridized carbons (Fsp3) is 0.250. The fourth-order valence-corrected chi connectivity index (χ4v) is 1.83. The van der Waals surface area contributed by atoms with Crippen LogP contribution in [0.4, 0.5) is 0 Å². The summed E-state index contributed by atoms with van der Waals surface area (Å²) < 4.78 is 8.83. The third-order valence-corrected chi connectivity index (χ3v) is 2.87. The van der Waals surface area contributed by atoms with Crippen LogP contribution in [-0.2, 0) is 19.1 Å². The molecule has 0 spiro atoms. The highest BCUT2D eigenvalue weighted by Crippen LogP contribution is 2.20. The maximum absolute atomic E-state index is 12.0. The Morgan fingerprint density at radius 3 is 2.10 bits per heavy atom. The second-order valence-electron chi connectivity index (χ2n) is 3.58. The molecule has 0 saturated carbocycles. The molecule has 1 aromatic rings. The Bertz CT molecular complexity index is 531. The molecule has 0 aliphatic heterocycles. The predicted octanol–water partition coefficient (Wildman–Crippen LogP) is 1.44. The highest BCUT2D eigenvalue weighted by atomic mass is 35.5. The largest absolute Gasteiger partial charge is 0.467 e. The van der Waals surface area contributed by atoms with Crippen LogP contribution in [0.3, 0.4) is 0 Å². The Balaban J connectivity index is 2.96. The summed E-state index contributed by atoms with van der Waals surface area (Å²) in [6.07, 6.45) is 0. The Morgan fingerprint density at radius 2 is 1.65 bits per heavy atom. The molecule has 108 valence electrons. The summed E-state index contributed by atoms with van der Waals surface area (Å²) >= 11 is 11.6. The number of esters is 2. The molecule has 0 bridgehead atoms. The first-order valence-electron chi connectivity index (χ1n) is 5.32. The third-order valence-electron chi connectivity index (χ3n) is 2.32. The van der Waals surface area contributed by atoms with Gasteiger partial charge in [0.2, 0.25) is 6.04 Å². The van der Waals surface area contributed by atoms with Crippen molar-refractivity contribution in [1.29, 1.82) is 0 Å². The zero-order chi connectivity index (χ0) is 15.3. The van der Waals surface area contributed by atoms with Gasteiger partial charge in [-0.3, -0.25) is 4.79 Å². The van der Waals surface area contributed by atoms with Crippen LogP contribution in [0.2, 0.25) is 10.0 Å². The molecule has 0 atom stereocenters. The van der Waals surface area contributed by atoms with Gasteiger partial charge in [-0.25, -0.2) is 9.59 Å². The normalized spacial score (nSPS) is 10.1. The molecule has 1 rings (SSSR count). The molecule has 0 aliphatic rings. The third kappa shape index (κ3) is 3.85. The molecule has 20 heavy (non-hydrogen) atoms. The van der Waals surface area contributed by atoms with Gasteiger partial charge in [-0.15, -0.1) is 0 Å². The summed E-state index contributed by atoms with van der Waals surface area (Å²) in [5.74, 6) is -2.63. The van der Waals surface area contributed by atoms with Gasteiger partial charge in [-0.05, 0) is 18.2 Å². The maximum Gasteiger partial charge on any atom is 0.340 e. The first-order chi connectivity index (χ1) is 9.40. The molecule has 1 N–H and O–H groups in total. The Kier molecular flexibility index (Phi) is 5.79. The summed E-state index contributed by atoms with van der Waals surface area (Å²) in [4.78, 5) is 34.8. The van der Waals surface area contributed by atoms with Crippen molar-refractivity contribution in [3.8, 4) is 0 Å². The minimum absolute atomic E-state index is 0.0638. The lowest BCUT2D eigenvalue weighted by atomic mass is 10.2. The summed E-state index contributed by atoms with van der Waals surface area (Å²) in [6, 6.07) is 2.62. The summed E-state index contributed by atoms with van der Waals surface area (Å²) in [5.41, 5.74) is 0.0638. The van der Waals surface area contributed by atoms with E-state index >= 15 is 0 Å². The van der Waals surface area contributed by atoms with Crippen LogP contribution in [-0.4, -0.2) is 38.1 Å². The van der Waals surface area contributed by atoms with Gasteiger partial charge in [-0.1, -0.05) is 23.2 Å². The van der Waals surface area contributed by atoms with E-state index in [0.717, 1.165) is 14.2 Å². The van der Waals surface area contributed by atoms with E-state index in [1.807, 2.05) is 0 Å². The van der Waals surface area contributed by atoms with Gasteiger partial charge in [0, 0.05) is 5.02 Å². The second kappa shape index (κ2) is 7.12.